The van der Waals surface area contributed by atoms with Gasteiger partial charge in [-0.2, -0.15) is 0 Å². The number of amides is 4. The number of alkyl carbamates (subject to hydrolysis) is 1. The number of aliphatic hydroxyl groups is 1. The van der Waals surface area contributed by atoms with Crippen LogP contribution in [0.3, 0.4) is 0 Å². The van der Waals surface area contributed by atoms with Gasteiger partial charge in [0.15, 0.2) is 0 Å². The van der Waals surface area contributed by atoms with Crippen molar-refractivity contribution in [2.75, 3.05) is 13.2 Å². The van der Waals surface area contributed by atoms with E-state index in [2.05, 4.69) is 21.3 Å². The summed E-state index contributed by atoms with van der Waals surface area (Å²) in [6, 6.07) is 20.2. The van der Waals surface area contributed by atoms with E-state index in [0.29, 0.717) is 25.8 Å². The van der Waals surface area contributed by atoms with Crippen LogP contribution in [0.15, 0.2) is 72.8 Å². The van der Waals surface area contributed by atoms with E-state index < -0.39 is 36.0 Å². The van der Waals surface area contributed by atoms with Crippen LogP contribution in [-0.2, 0) is 32.1 Å². The molecule has 3 aromatic carbocycles. The molecule has 1 heterocycles. The van der Waals surface area contributed by atoms with Crippen LogP contribution in [0.25, 0.3) is 10.8 Å². The van der Waals surface area contributed by atoms with Gasteiger partial charge < -0.3 is 31.1 Å². The molecule has 4 rings (SSSR count). The smallest absolute Gasteiger partial charge is 0.408 e. The Balaban J connectivity index is 1.50. The van der Waals surface area contributed by atoms with Crippen molar-refractivity contribution in [3.8, 4) is 0 Å². The van der Waals surface area contributed by atoms with E-state index in [1.165, 1.54) is 0 Å². The molecule has 4 atom stereocenters. The number of benzene rings is 3. The topological polar surface area (TPSA) is 146 Å². The number of nitrogens with one attached hydrogen (secondary N) is 4. The average molecular weight is 617 g/mol. The summed E-state index contributed by atoms with van der Waals surface area (Å²) >= 11 is 0. The van der Waals surface area contributed by atoms with Crippen LogP contribution >= 0.6 is 0 Å². The Kier molecular flexibility index (Phi) is 12.3. The van der Waals surface area contributed by atoms with Crippen LogP contribution in [0.2, 0.25) is 0 Å². The molecule has 0 aromatic heterocycles. The number of hydrogen-bond acceptors (Lipinski definition) is 6. The monoisotopic (exact) mass is 616 g/mol. The van der Waals surface area contributed by atoms with Gasteiger partial charge in [-0.05, 0) is 53.5 Å². The molecule has 1 fully saturated rings. The minimum absolute atomic E-state index is 0.0369. The standard InChI is InChI=1S/C35H44N4O6/c1-23(2)18-30(33(42)37-28(21-40)19-27-15-9-17-36-32(27)41)38-34(43)31(39-35(44)45-22-24-10-4-3-5-11-24)20-26-14-8-13-25-12-6-7-16-29(25)26/h3-8,10-14,16,23,27-28,30-31,40H,9,15,17-22H2,1-2H3,(H,36,41)(H,37,42)(H,38,43)(H,39,44)/t27-,28-,30-,31?/m0/s1. The van der Waals surface area contributed by atoms with Crippen molar-refractivity contribution < 1.29 is 29.0 Å². The molecular weight excluding hydrogens is 572 g/mol. The molecule has 1 saturated heterocycles. The predicted molar refractivity (Wildman–Crippen MR) is 172 cm³/mol. The van der Waals surface area contributed by atoms with Crippen LogP contribution in [0.5, 0.6) is 0 Å². The number of carbonyl (C=O) groups excluding carboxylic acids is 4. The minimum atomic E-state index is -1.04. The number of aliphatic hydroxyl groups excluding tert-OH is 1. The van der Waals surface area contributed by atoms with Crippen molar-refractivity contribution in [1.29, 1.82) is 0 Å². The lowest BCUT2D eigenvalue weighted by atomic mass is 9.91. The molecule has 1 aliphatic heterocycles. The zero-order valence-electron chi connectivity index (χ0n) is 26.0. The van der Waals surface area contributed by atoms with Gasteiger partial charge in [-0.1, -0.05) is 86.6 Å². The number of rotatable bonds is 14. The maximum absolute atomic E-state index is 13.8. The van der Waals surface area contributed by atoms with E-state index in [0.717, 1.165) is 28.3 Å². The highest BCUT2D eigenvalue weighted by Crippen LogP contribution is 2.21. The highest BCUT2D eigenvalue weighted by molar-refractivity contribution is 5.92. The maximum Gasteiger partial charge on any atom is 0.408 e. The summed E-state index contributed by atoms with van der Waals surface area (Å²) in [5.41, 5.74) is 1.66. The van der Waals surface area contributed by atoms with Crippen molar-refractivity contribution >= 4 is 34.6 Å². The van der Waals surface area contributed by atoms with E-state index in [1.807, 2.05) is 86.6 Å². The largest absolute Gasteiger partial charge is 0.445 e. The lowest BCUT2D eigenvalue weighted by molar-refractivity contribution is -0.131. The van der Waals surface area contributed by atoms with Gasteiger partial charge in [-0.25, -0.2) is 4.79 Å². The number of carbonyl (C=O) groups is 4. The first-order valence-corrected chi connectivity index (χ1v) is 15.7. The molecule has 240 valence electrons. The molecule has 1 unspecified atom stereocenters. The third-order valence-electron chi connectivity index (χ3n) is 8.00. The minimum Gasteiger partial charge on any atom is -0.445 e. The fourth-order valence-corrected chi connectivity index (χ4v) is 5.67. The molecule has 0 spiro atoms. The lowest BCUT2D eigenvalue weighted by Gasteiger charge is -2.28. The third kappa shape index (κ3) is 10.0. The first-order valence-electron chi connectivity index (χ1n) is 15.7. The van der Waals surface area contributed by atoms with E-state index in [1.54, 1.807) is 0 Å². The molecule has 5 N–H and O–H groups in total. The van der Waals surface area contributed by atoms with Crippen molar-refractivity contribution in [3.63, 3.8) is 0 Å². The molecular formula is C35H44N4O6. The summed E-state index contributed by atoms with van der Waals surface area (Å²) < 4.78 is 5.43. The number of hydrogen-bond donors (Lipinski definition) is 5. The Morgan fingerprint density at radius 3 is 2.36 bits per heavy atom. The Bertz CT molecular complexity index is 1440. The third-order valence-corrected chi connectivity index (χ3v) is 8.00. The van der Waals surface area contributed by atoms with Crippen LogP contribution in [0, 0.1) is 11.8 Å². The fourth-order valence-electron chi connectivity index (χ4n) is 5.67. The fraction of sp³-hybridized carbons (Fsp3) is 0.429. The number of ether oxygens (including phenoxy) is 1. The Labute approximate surface area is 264 Å². The van der Waals surface area contributed by atoms with Crippen molar-refractivity contribution in [3.05, 3.63) is 83.9 Å². The summed E-state index contributed by atoms with van der Waals surface area (Å²) in [5, 5.41) is 23.2. The van der Waals surface area contributed by atoms with Crippen molar-refractivity contribution in [2.24, 2.45) is 11.8 Å². The molecule has 10 heteroatoms. The van der Waals surface area contributed by atoms with Gasteiger partial charge in [-0.3, -0.25) is 14.4 Å². The average Bonchev–Trinajstić information content (AvgIpc) is 3.04. The van der Waals surface area contributed by atoms with E-state index in [-0.39, 0.29) is 37.4 Å². The highest BCUT2D eigenvalue weighted by atomic mass is 16.5. The first-order chi connectivity index (χ1) is 21.7. The SMILES string of the molecule is CC(C)C[C@H](NC(=O)C(Cc1cccc2ccccc12)NC(=O)OCc1ccccc1)C(=O)N[C@H](CO)C[C@@H]1CCCNC1=O. The van der Waals surface area contributed by atoms with Gasteiger partial charge >= 0.3 is 6.09 Å². The summed E-state index contributed by atoms with van der Waals surface area (Å²) in [7, 11) is 0. The quantitative estimate of drug-likeness (QED) is 0.187. The van der Waals surface area contributed by atoms with Gasteiger partial charge in [0.1, 0.15) is 18.7 Å². The van der Waals surface area contributed by atoms with Crippen molar-refractivity contribution in [1.82, 2.24) is 21.3 Å². The van der Waals surface area contributed by atoms with E-state index in [4.69, 9.17) is 4.74 Å². The van der Waals surface area contributed by atoms with Crippen LogP contribution in [-0.4, -0.2) is 60.2 Å². The second kappa shape index (κ2) is 16.6. The molecule has 0 radical (unpaired) electrons. The molecule has 45 heavy (non-hydrogen) atoms. The van der Waals surface area contributed by atoms with E-state index in [9.17, 15) is 24.3 Å². The molecule has 1 aliphatic rings. The molecule has 0 aliphatic carbocycles. The normalized spacial score (nSPS) is 16.7. The zero-order chi connectivity index (χ0) is 32.2. The van der Waals surface area contributed by atoms with Gasteiger partial charge in [-0.15, -0.1) is 0 Å². The molecule has 4 amide bonds. The molecule has 10 nitrogen and oxygen atoms in total. The Hall–Kier alpha value is -4.44. The van der Waals surface area contributed by atoms with Crippen molar-refractivity contribution in [2.45, 2.75) is 70.7 Å². The van der Waals surface area contributed by atoms with Gasteiger partial charge in [0.2, 0.25) is 17.7 Å². The maximum atomic E-state index is 13.8. The molecule has 0 bridgehead atoms. The predicted octanol–water partition coefficient (Wildman–Crippen LogP) is 3.60. The molecule has 0 saturated carbocycles. The Morgan fingerprint density at radius 2 is 1.62 bits per heavy atom. The summed E-state index contributed by atoms with van der Waals surface area (Å²) in [6.07, 6.45) is 1.57. The van der Waals surface area contributed by atoms with Crippen LogP contribution < -0.4 is 21.3 Å². The first kappa shape index (κ1) is 33.5. The Morgan fingerprint density at radius 1 is 0.911 bits per heavy atom. The summed E-state index contributed by atoms with van der Waals surface area (Å²) in [5.74, 6) is -1.32. The number of fused-ring (bicyclic) bond motifs is 1. The van der Waals surface area contributed by atoms with Gasteiger partial charge in [0.05, 0.1) is 12.6 Å². The second-order valence-electron chi connectivity index (χ2n) is 12.0. The van der Waals surface area contributed by atoms with Gasteiger partial charge in [0, 0.05) is 18.9 Å². The zero-order valence-corrected chi connectivity index (χ0v) is 26.0. The summed E-state index contributed by atoms with van der Waals surface area (Å²) in [6.45, 7) is 4.21. The lowest BCUT2D eigenvalue weighted by Crippen LogP contribution is -2.56. The highest BCUT2D eigenvalue weighted by Gasteiger charge is 2.31. The number of piperidine rings is 1. The van der Waals surface area contributed by atoms with Crippen LogP contribution in [0.1, 0.15) is 50.7 Å². The van der Waals surface area contributed by atoms with Gasteiger partial charge in [0.25, 0.3) is 0 Å². The molecule has 3 aromatic rings. The second-order valence-corrected chi connectivity index (χ2v) is 12.0. The summed E-state index contributed by atoms with van der Waals surface area (Å²) in [4.78, 5) is 52.5. The van der Waals surface area contributed by atoms with E-state index >= 15 is 0 Å². The van der Waals surface area contributed by atoms with Crippen LogP contribution in [0.4, 0.5) is 4.79 Å².